The van der Waals surface area contributed by atoms with Crippen molar-refractivity contribution in [1.82, 2.24) is 0 Å². The van der Waals surface area contributed by atoms with Crippen LogP contribution in [-0.4, -0.2) is 5.11 Å². The van der Waals surface area contributed by atoms with Crippen LogP contribution in [0.5, 0.6) is 5.75 Å². The largest absolute Gasteiger partial charge is 0.489 e. The standard InChI is InChI=1S/C18H15FO2/c19-16-8-9-18(15(10-16)11-20)21-12-14-6-3-5-13-4-1-2-7-17(13)14/h1-10,20H,11-12H2. The second-order valence-electron chi connectivity index (χ2n) is 4.84. The Hall–Kier alpha value is -2.39. The van der Waals surface area contributed by atoms with E-state index in [1.165, 1.54) is 12.1 Å². The number of rotatable bonds is 4. The van der Waals surface area contributed by atoms with Crippen molar-refractivity contribution in [2.45, 2.75) is 13.2 Å². The number of fused-ring (bicyclic) bond motifs is 1. The highest BCUT2D eigenvalue weighted by atomic mass is 19.1. The Morgan fingerprint density at radius 2 is 1.71 bits per heavy atom. The van der Waals surface area contributed by atoms with Crippen LogP contribution in [0.1, 0.15) is 11.1 Å². The summed E-state index contributed by atoms with van der Waals surface area (Å²) in [6, 6.07) is 18.3. The Morgan fingerprint density at radius 3 is 2.57 bits per heavy atom. The molecule has 3 aromatic carbocycles. The van der Waals surface area contributed by atoms with Gasteiger partial charge >= 0.3 is 0 Å². The highest BCUT2D eigenvalue weighted by Crippen LogP contribution is 2.23. The zero-order valence-corrected chi connectivity index (χ0v) is 11.4. The maximum atomic E-state index is 13.1. The van der Waals surface area contributed by atoms with Crippen molar-refractivity contribution >= 4 is 10.8 Å². The van der Waals surface area contributed by atoms with Crippen LogP contribution in [-0.2, 0) is 13.2 Å². The lowest BCUT2D eigenvalue weighted by Crippen LogP contribution is -2.00. The van der Waals surface area contributed by atoms with E-state index in [1.54, 1.807) is 6.07 Å². The molecule has 0 saturated carbocycles. The number of benzene rings is 3. The Morgan fingerprint density at radius 1 is 0.905 bits per heavy atom. The molecule has 2 nitrogen and oxygen atoms in total. The van der Waals surface area contributed by atoms with Crippen molar-refractivity contribution in [2.75, 3.05) is 0 Å². The quantitative estimate of drug-likeness (QED) is 0.782. The summed E-state index contributed by atoms with van der Waals surface area (Å²) in [5, 5.41) is 11.6. The molecule has 0 saturated heterocycles. The molecule has 0 spiro atoms. The van der Waals surface area contributed by atoms with E-state index in [-0.39, 0.29) is 12.4 Å². The van der Waals surface area contributed by atoms with Crippen LogP contribution in [0.3, 0.4) is 0 Å². The maximum Gasteiger partial charge on any atom is 0.125 e. The van der Waals surface area contributed by atoms with E-state index >= 15 is 0 Å². The first-order valence-electron chi connectivity index (χ1n) is 6.76. The Bertz CT molecular complexity index is 763. The molecule has 0 aliphatic carbocycles. The zero-order chi connectivity index (χ0) is 14.7. The van der Waals surface area contributed by atoms with Gasteiger partial charge in [0.2, 0.25) is 0 Å². The lowest BCUT2D eigenvalue weighted by atomic mass is 10.1. The Kier molecular flexibility index (Phi) is 3.84. The SMILES string of the molecule is OCc1cc(F)ccc1OCc1cccc2ccccc12. The average molecular weight is 282 g/mol. The summed E-state index contributed by atoms with van der Waals surface area (Å²) in [5.74, 6) is 0.128. The molecule has 0 bridgehead atoms. The summed E-state index contributed by atoms with van der Waals surface area (Å²) in [6.07, 6.45) is 0. The van der Waals surface area contributed by atoms with Gasteiger partial charge in [0, 0.05) is 5.56 Å². The summed E-state index contributed by atoms with van der Waals surface area (Å²) in [7, 11) is 0. The van der Waals surface area contributed by atoms with Gasteiger partial charge in [-0.15, -0.1) is 0 Å². The Labute approximate surface area is 122 Å². The number of hydrogen-bond acceptors (Lipinski definition) is 2. The van der Waals surface area contributed by atoms with Crippen LogP contribution in [0.2, 0.25) is 0 Å². The fourth-order valence-electron chi connectivity index (χ4n) is 2.39. The van der Waals surface area contributed by atoms with E-state index < -0.39 is 0 Å². The smallest absolute Gasteiger partial charge is 0.125 e. The van der Waals surface area contributed by atoms with Crippen LogP contribution in [0.15, 0.2) is 60.7 Å². The van der Waals surface area contributed by atoms with Crippen molar-refractivity contribution in [3.8, 4) is 5.75 Å². The van der Waals surface area contributed by atoms with Crippen LogP contribution >= 0.6 is 0 Å². The van der Waals surface area contributed by atoms with Crippen molar-refractivity contribution < 1.29 is 14.2 Å². The highest BCUT2D eigenvalue weighted by Gasteiger charge is 2.06. The molecule has 106 valence electrons. The molecule has 0 atom stereocenters. The lowest BCUT2D eigenvalue weighted by Gasteiger charge is -2.12. The second-order valence-corrected chi connectivity index (χ2v) is 4.84. The van der Waals surface area contributed by atoms with Crippen molar-refractivity contribution in [1.29, 1.82) is 0 Å². The van der Waals surface area contributed by atoms with Gasteiger partial charge < -0.3 is 9.84 Å². The zero-order valence-electron chi connectivity index (χ0n) is 11.4. The third kappa shape index (κ3) is 2.88. The van der Waals surface area contributed by atoms with Crippen molar-refractivity contribution in [3.63, 3.8) is 0 Å². The highest BCUT2D eigenvalue weighted by molar-refractivity contribution is 5.85. The first-order valence-corrected chi connectivity index (χ1v) is 6.76. The van der Waals surface area contributed by atoms with Gasteiger partial charge in [-0.05, 0) is 34.5 Å². The molecule has 21 heavy (non-hydrogen) atoms. The van der Waals surface area contributed by atoms with Gasteiger partial charge in [0.05, 0.1) is 6.61 Å². The minimum Gasteiger partial charge on any atom is -0.489 e. The first-order chi connectivity index (χ1) is 10.3. The van der Waals surface area contributed by atoms with Gasteiger partial charge in [0.15, 0.2) is 0 Å². The molecule has 0 unspecified atom stereocenters. The van der Waals surface area contributed by atoms with E-state index in [4.69, 9.17) is 4.74 Å². The van der Waals surface area contributed by atoms with Gasteiger partial charge in [-0.3, -0.25) is 0 Å². The fraction of sp³-hybridized carbons (Fsp3) is 0.111. The number of aliphatic hydroxyl groups is 1. The number of aliphatic hydroxyl groups excluding tert-OH is 1. The second kappa shape index (κ2) is 5.94. The molecule has 3 aromatic rings. The summed E-state index contributed by atoms with van der Waals surface area (Å²) < 4.78 is 18.9. The van der Waals surface area contributed by atoms with Crippen LogP contribution < -0.4 is 4.74 Å². The molecule has 3 rings (SSSR count). The molecular weight excluding hydrogens is 267 g/mol. The Balaban J connectivity index is 1.87. The number of halogens is 1. The van der Waals surface area contributed by atoms with E-state index in [1.807, 2.05) is 30.3 Å². The molecule has 0 radical (unpaired) electrons. The minimum absolute atomic E-state index is 0.247. The van der Waals surface area contributed by atoms with Crippen molar-refractivity contribution in [3.05, 3.63) is 77.6 Å². The van der Waals surface area contributed by atoms with E-state index in [0.29, 0.717) is 17.9 Å². The molecule has 0 amide bonds. The molecule has 0 fully saturated rings. The average Bonchev–Trinajstić information content (AvgIpc) is 2.53. The predicted molar refractivity (Wildman–Crippen MR) is 80.6 cm³/mol. The molecule has 0 heterocycles. The third-order valence-corrected chi connectivity index (χ3v) is 3.46. The predicted octanol–water partition coefficient (Wildman–Crippen LogP) is 4.05. The van der Waals surface area contributed by atoms with E-state index in [2.05, 4.69) is 12.1 Å². The van der Waals surface area contributed by atoms with Gasteiger partial charge in [-0.1, -0.05) is 42.5 Å². The summed E-state index contributed by atoms with van der Waals surface area (Å²) >= 11 is 0. The van der Waals surface area contributed by atoms with Gasteiger partial charge in [-0.25, -0.2) is 4.39 Å². The van der Waals surface area contributed by atoms with Crippen molar-refractivity contribution in [2.24, 2.45) is 0 Å². The van der Waals surface area contributed by atoms with E-state index in [0.717, 1.165) is 16.3 Å². The monoisotopic (exact) mass is 282 g/mol. The number of hydrogen-bond donors (Lipinski definition) is 1. The van der Waals surface area contributed by atoms with E-state index in [9.17, 15) is 9.50 Å². The summed E-state index contributed by atoms with van der Waals surface area (Å²) in [4.78, 5) is 0. The number of ether oxygens (including phenoxy) is 1. The molecule has 1 N–H and O–H groups in total. The fourth-order valence-corrected chi connectivity index (χ4v) is 2.39. The lowest BCUT2D eigenvalue weighted by molar-refractivity contribution is 0.258. The van der Waals surface area contributed by atoms with Crippen LogP contribution in [0, 0.1) is 5.82 Å². The van der Waals surface area contributed by atoms with Gasteiger partial charge in [0.1, 0.15) is 18.2 Å². The first kappa shape index (κ1) is 13.6. The topological polar surface area (TPSA) is 29.5 Å². The molecular formula is C18H15FO2. The normalized spacial score (nSPS) is 10.8. The maximum absolute atomic E-state index is 13.1. The molecule has 0 aliphatic rings. The van der Waals surface area contributed by atoms with Crippen LogP contribution in [0.25, 0.3) is 10.8 Å². The minimum atomic E-state index is -0.378. The summed E-state index contributed by atoms with van der Waals surface area (Å²) in [6.45, 7) is 0.128. The summed E-state index contributed by atoms with van der Waals surface area (Å²) in [5.41, 5.74) is 1.51. The molecule has 0 aromatic heterocycles. The van der Waals surface area contributed by atoms with Gasteiger partial charge in [0.25, 0.3) is 0 Å². The third-order valence-electron chi connectivity index (χ3n) is 3.46. The molecule has 0 aliphatic heterocycles. The van der Waals surface area contributed by atoms with Gasteiger partial charge in [-0.2, -0.15) is 0 Å². The molecule has 3 heteroatoms. The van der Waals surface area contributed by atoms with Crippen LogP contribution in [0.4, 0.5) is 4.39 Å².